The van der Waals surface area contributed by atoms with E-state index < -0.39 is 17.4 Å². The smallest absolute Gasteiger partial charge is 0.387 e. The highest BCUT2D eigenvalue weighted by Crippen LogP contribution is 2.32. The number of hydrogen-bond acceptors (Lipinski definition) is 4. The highest BCUT2D eigenvalue weighted by Gasteiger charge is 2.14. The first-order valence-corrected chi connectivity index (χ1v) is 7.38. The summed E-state index contributed by atoms with van der Waals surface area (Å²) in [4.78, 5) is 0. The van der Waals surface area contributed by atoms with E-state index in [9.17, 15) is 13.0 Å². The molecule has 19 heavy (non-hydrogen) atoms. The predicted molar refractivity (Wildman–Crippen MR) is 70.3 cm³/mol. The fourth-order valence-corrected chi connectivity index (χ4v) is 1.95. The summed E-state index contributed by atoms with van der Waals surface area (Å²) in [7, 11) is 0.512. The van der Waals surface area contributed by atoms with Crippen molar-refractivity contribution in [3.8, 4) is 11.5 Å². The predicted octanol–water partition coefficient (Wildman–Crippen LogP) is 1.76. The molecule has 1 atom stereocenters. The van der Waals surface area contributed by atoms with Crippen molar-refractivity contribution in [3.63, 3.8) is 0 Å². The van der Waals surface area contributed by atoms with Gasteiger partial charge in [0.25, 0.3) is 0 Å². The standard InChI is InChI=1S/C12H17F2NO3S/c1-17-10-5-3-4-9(11(10)18-12(13)14)8-15-6-7-19(2)16/h3-5,12,15H,6-8H2,1-2H3. The number of hydrogen-bond donors (Lipinski definition) is 1. The first kappa shape index (κ1) is 15.8. The molecule has 1 aromatic rings. The van der Waals surface area contributed by atoms with Gasteiger partial charge in [-0.05, 0) is 6.07 Å². The average Bonchev–Trinajstić information content (AvgIpc) is 2.35. The Balaban J connectivity index is 2.72. The summed E-state index contributed by atoms with van der Waals surface area (Å²) in [5.74, 6) is 0.804. The maximum absolute atomic E-state index is 12.4. The molecule has 0 fully saturated rings. The maximum Gasteiger partial charge on any atom is 0.387 e. The average molecular weight is 293 g/mol. The van der Waals surface area contributed by atoms with Crippen molar-refractivity contribution in [1.29, 1.82) is 0 Å². The van der Waals surface area contributed by atoms with Crippen LogP contribution in [0.25, 0.3) is 0 Å². The molecule has 0 heterocycles. The van der Waals surface area contributed by atoms with Crippen LogP contribution in [0.2, 0.25) is 0 Å². The van der Waals surface area contributed by atoms with E-state index in [1.165, 1.54) is 7.11 Å². The van der Waals surface area contributed by atoms with Gasteiger partial charge in [0.1, 0.15) is 0 Å². The van der Waals surface area contributed by atoms with Crippen LogP contribution in [0.1, 0.15) is 5.56 Å². The van der Waals surface area contributed by atoms with Crippen LogP contribution >= 0.6 is 0 Å². The summed E-state index contributed by atoms with van der Waals surface area (Å²) in [5, 5.41) is 3.02. The summed E-state index contributed by atoms with van der Waals surface area (Å²) in [5.41, 5.74) is 0.571. The van der Waals surface area contributed by atoms with Crippen molar-refractivity contribution in [2.24, 2.45) is 0 Å². The van der Waals surface area contributed by atoms with Crippen LogP contribution < -0.4 is 14.8 Å². The van der Waals surface area contributed by atoms with E-state index >= 15 is 0 Å². The van der Waals surface area contributed by atoms with E-state index in [2.05, 4.69) is 10.1 Å². The Morgan fingerprint density at radius 3 is 2.74 bits per heavy atom. The first-order chi connectivity index (χ1) is 9.04. The molecule has 0 aromatic heterocycles. The zero-order valence-electron chi connectivity index (χ0n) is 10.8. The number of ether oxygens (including phenoxy) is 2. The molecule has 0 saturated carbocycles. The van der Waals surface area contributed by atoms with E-state index in [1.807, 2.05) is 0 Å². The number of methoxy groups -OCH3 is 1. The van der Waals surface area contributed by atoms with E-state index in [4.69, 9.17) is 4.74 Å². The molecule has 1 N–H and O–H groups in total. The molecule has 0 aliphatic rings. The molecule has 0 spiro atoms. The minimum Gasteiger partial charge on any atom is -0.493 e. The highest BCUT2D eigenvalue weighted by molar-refractivity contribution is 7.84. The van der Waals surface area contributed by atoms with E-state index in [0.29, 0.717) is 24.4 Å². The van der Waals surface area contributed by atoms with Crippen LogP contribution in [0.4, 0.5) is 8.78 Å². The fourth-order valence-electron chi connectivity index (χ4n) is 1.52. The molecule has 0 saturated heterocycles. The molecule has 7 heteroatoms. The Hall–Kier alpha value is -1.21. The number of halogens is 2. The largest absolute Gasteiger partial charge is 0.493 e. The Kier molecular flexibility index (Phi) is 6.72. The molecule has 0 radical (unpaired) electrons. The van der Waals surface area contributed by atoms with Crippen molar-refractivity contribution in [2.45, 2.75) is 13.2 Å². The van der Waals surface area contributed by atoms with Gasteiger partial charge in [0.05, 0.1) is 7.11 Å². The Bertz CT molecular complexity index is 429. The van der Waals surface area contributed by atoms with Crippen LogP contribution in [-0.2, 0) is 17.3 Å². The van der Waals surface area contributed by atoms with Gasteiger partial charge in [-0.2, -0.15) is 8.78 Å². The summed E-state index contributed by atoms with van der Waals surface area (Å²) >= 11 is 0. The SMILES string of the molecule is COc1cccc(CNCCS(C)=O)c1OC(F)F. The molecule has 0 aliphatic carbocycles. The third-order valence-corrected chi connectivity index (χ3v) is 3.15. The van der Waals surface area contributed by atoms with Gasteiger partial charge in [0.15, 0.2) is 11.5 Å². The third-order valence-electron chi connectivity index (χ3n) is 2.37. The lowest BCUT2D eigenvalue weighted by Gasteiger charge is -2.14. The topological polar surface area (TPSA) is 47.6 Å². The molecule has 0 bridgehead atoms. The van der Waals surface area contributed by atoms with Gasteiger partial charge in [0, 0.05) is 41.5 Å². The van der Waals surface area contributed by atoms with Gasteiger partial charge in [-0.1, -0.05) is 12.1 Å². The van der Waals surface area contributed by atoms with Gasteiger partial charge in [-0.25, -0.2) is 0 Å². The summed E-state index contributed by atoms with van der Waals surface area (Å²) in [6, 6.07) is 4.94. The van der Waals surface area contributed by atoms with Crippen molar-refractivity contribution >= 4 is 10.8 Å². The van der Waals surface area contributed by atoms with Crippen LogP contribution in [0.15, 0.2) is 18.2 Å². The van der Waals surface area contributed by atoms with Gasteiger partial charge in [0.2, 0.25) is 0 Å². The number of nitrogens with one attached hydrogen (secondary N) is 1. The molecule has 0 amide bonds. The van der Waals surface area contributed by atoms with Crippen LogP contribution in [0, 0.1) is 0 Å². The minimum absolute atomic E-state index is 0.0325. The number of rotatable bonds is 8. The van der Waals surface area contributed by atoms with E-state index in [1.54, 1.807) is 24.5 Å². The number of para-hydroxylation sites is 1. The molecule has 108 valence electrons. The van der Waals surface area contributed by atoms with Gasteiger partial charge in [-0.15, -0.1) is 0 Å². The Morgan fingerprint density at radius 1 is 1.42 bits per heavy atom. The normalized spacial score (nSPS) is 12.5. The van der Waals surface area contributed by atoms with E-state index in [0.717, 1.165) is 0 Å². The van der Waals surface area contributed by atoms with E-state index in [-0.39, 0.29) is 11.5 Å². The second-order valence-electron chi connectivity index (χ2n) is 3.78. The van der Waals surface area contributed by atoms with Crippen LogP contribution in [0.3, 0.4) is 0 Å². The zero-order valence-corrected chi connectivity index (χ0v) is 11.6. The number of benzene rings is 1. The van der Waals surface area contributed by atoms with Crippen molar-refractivity contribution < 1.29 is 22.5 Å². The second-order valence-corrected chi connectivity index (χ2v) is 5.34. The van der Waals surface area contributed by atoms with Crippen molar-refractivity contribution in [2.75, 3.05) is 25.7 Å². The molecule has 0 aliphatic heterocycles. The molecule has 4 nitrogen and oxygen atoms in total. The lowest BCUT2D eigenvalue weighted by molar-refractivity contribution is -0.0518. The third kappa shape index (κ3) is 5.52. The quantitative estimate of drug-likeness (QED) is 0.742. The monoisotopic (exact) mass is 293 g/mol. The highest BCUT2D eigenvalue weighted by atomic mass is 32.2. The van der Waals surface area contributed by atoms with Gasteiger partial charge >= 0.3 is 6.61 Å². The second kappa shape index (κ2) is 8.06. The van der Waals surface area contributed by atoms with Crippen LogP contribution in [0.5, 0.6) is 11.5 Å². The molecular weight excluding hydrogens is 276 g/mol. The zero-order chi connectivity index (χ0) is 14.3. The lowest BCUT2D eigenvalue weighted by Crippen LogP contribution is -2.20. The van der Waals surface area contributed by atoms with Gasteiger partial charge < -0.3 is 14.8 Å². The Labute approximate surface area is 113 Å². The van der Waals surface area contributed by atoms with Gasteiger partial charge in [-0.3, -0.25) is 4.21 Å². The minimum atomic E-state index is -2.90. The number of alkyl halides is 2. The first-order valence-electron chi connectivity index (χ1n) is 5.66. The van der Waals surface area contributed by atoms with Crippen molar-refractivity contribution in [3.05, 3.63) is 23.8 Å². The molecule has 1 rings (SSSR count). The maximum atomic E-state index is 12.4. The molecule has 1 unspecified atom stereocenters. The molecular formula is C12H17F2NO3S. The lowest BCUT2D eigenvalue weighted by atomic mass is 10.2. The fraction of sp³-hybridized carbons (Fsp3) is 0.500. The summed E-state index contributed by atoms with van der Waals surface area (Å²) < 4.78 is 45.1. The van der Waals surface area contributed by atoms with Crippen LogP contribution in [-0.4, -0.2) is 36.5 Å². The van der Waals surface area contributed by atoms with Crippen molar-refractivity contribution in [1.82, 2.24) is 5.32 Å². The summed E-state index contributed by atoms with van der Waals surface area (Å²) in [6.45, 7) is -2.02. The molecule has 1 aromatic carbocycles. The summed E-state index contributed by atoms with van der Waals surface area (Å²) in [6.07, 6.45) is 1.61. The Morgan fingerprint density at radius 2 is 2.16 bits per heavy atom.